The Hall–Kier alpha value is -1.09. The summed E-state index contributed by atoms with van der Waals surface area (Å²) in [6.07, 6.45) is 2.85. The van der Waals surface area contributed by atoms with Crippen LogP contribution in [0.5, 0.6) is 0 Å². The lowest BCUT2D eigenvalue weighted by atomic mass is 9.89. The molecule has 0 fully saturated rings. The second-order valence-corrected chi connectivity index (χ2v) is 3.18. The molecule has 0 radical (unpaired) electrons. The minimum atomic E-state index is -0.479. The summed E-state index contributed by atoms with van der Waals surface area (Å²) in [5, 5.41) is 9.48. The number of carbonyl (C=O) groups excluding carboxylic acids is 1. The first-order valence-electron chi connectivity index (χ1n) is 3.90. The second kappa shape index (κ2) is 3.11. The Morgan fingerprint density at radius 3 is 2.67 bits per heavy atom. The number of primary amides is 1. The van der Waals surface area contributed by atoms with E-state index in [-0.39, 0.29) is 5.92 Å². The second-order valence-electron chi connectivity index (χ2n) is 3.18. The summed E-state index contributed by atoms with van der Waals surface area (Å²) in [4.78, 5) is 10.8. The molecule has 0 saturated heterocycles. The average molecular weight is 167 g/mol. The van der Waals surface area contributed by atoms with E-state index < -0.39 is 12.0 Å². The Bertz CT molecular complexity index is 266. The van der Waals surface area contributed by atoms with Gasteiger partial charge in [0.25, 0.3) is 0 Å². The highest BCUT2D eigenvalue weighted by molar-refractivity contribution is 5.95. The molecule has 0 aliphatic heterocycles. The molecule has 0 spiro atoms. The highest BCUT2D eigenvalue weighted by Gasteiger charge is 2.20. The van der Waals surface area contributed by atoms with E-state index in [4.69, 9.17) is 5.73 Å². The van der Waals surface area contributed by atoms with Crippen molar-refractivity contribution in [2.24, 2.45) is 11.7 Å². The standard InChI is InChI=1S/C9H13NO2/c1-5-3-7(9(10)12)4-6(2)8(5)11/h3-5,8,11H,1-2H3,(H2,10,12). The van der Waals surface area contributed by atoms with Crippen LogP contribution in [0.25, 0.3) is 0 Å². The summed E-state index contributed by atoms with van der Waals surface area (Å²) in [6.45, 7) is 3.64. The number of aliphatic hydroxyl groups is 1. The van der Waals surface area contributed by atoms with Gasteiger partial charge in [0.1, 0.15) is 0 Å². The lowest BCUT2D eigenvalue weighted by Crippen LogP contribution is -2.24. The van der Waals surface area contributed by atoms with Crippen LogP contribution in [0.2, 0.25) is 0 Å². The molecule has 12 heavy (non-hydrogen) atoms. The molecule has 1 amide bonds. The Morgan fingerprint density at radius 2 is 2.25 bits per heavy atom. The summed E-state index contributed by atoms with van der Waals surface area (Å²) < 4.78 is 0. The number of nitrogens with two attached hydrogens (primary N) is 1. The largest absolute Gasteiger partial charge is 0.388 e. The van der Waals surface area contributed by atoms with Gasteiger partial charge in [-0.1, -0.05) is 13.0 Å². The number of carbonyl (C=O) groups is 1. The van der Waals surface area contributed by atoms with E-state index in [1.54, 1.807) is 19.1 Å². The quantitative estimate of drug-likeness (QED) is 0.592. The van der Waals surface area contributed by atoms with Crippen molar-refractivity contribution in [1.82, 2.24) is 0 Å². The topological polar surface area (TPSA) is 63.3 Å². The van der Waals surface area contributed by atoms with Crippen molar-refractivity contribution >= 4 is 5.91 Å². The smallest absolute Gasteiger partial charge is 0.248 e. The summed E-state index contributed by atoms with van der Waals surface area (Å²) in [5.74, 6) is -0.467. The third kappa shape index (κ3) is 1.56. The number of amides is 1. The van der Waals surface area contributed by atoms with E-state index in [9.17, 15) is 9.90 Å². The van der Waals surface area contributed by atoms with Crippen LogP contribution >= 0.6 is 0 Å². The van der Waals surface area contributed by atoms with E-state index in [1.165, 1.54) is 0 Å². The lowest BCUT2D eigenvalue weighted by Gasteiger charge is -2.21. The Balaban J connectivity index is 2.95. The lowest BCUT2D eigenvalue weighted by molar-refractivity contribution is -0.114. The van der Waals surface area contributed by atoms with Crippen LogP contribution < -0.4 is 5.73 Å². The maximum atomic E-state index is 10.8. The molecule has 0 aromatic carbocycles. The predicted molar refractivity (Wildman–Crippen MR) is 46.2 cm³/mol. The summed E-state index contributed by atoms with van der Waals surface area (Å²) in [6, 6.07) is 0. The molecule has 3 nitrogen and oxygen atoms in total. The van der Waals surface area contributed by atoms with Gasteiger partial charge in [0.15, 0.2) is 0 Å². The molecule has 66 valence electrons. The third-order valence-corrected chi connectivity index (χ3v) is 2.07. The van der Waals surface area contributed by atoms with E-state index in [0.717, 1.165) is 5.57 Å². The van der Waals surface area contributed by atoms with Crippen LogP contribution in [-0.2, 0) is 4.79 Å². The van der Waals surface area contributed by atoms with E-state index in [1.807, 2.05) is 6.92 Å². The zero-order valence-electron chi connectivity index (χ0n) is 7.24. The van der Waals surface area contributed by atoms with Gasteiger partial charge in [-0.15, -0.1) is 0 Å². The number of hydrogen-bond acceptors (Lipinski definition) is 2. The molecule has 3 heteroatoms. The Morgan fingerprint density at radius 1 is 1.67 bits per heavy atom. The van der Waals surface area contributed by atoms with Crippen molar-refractivity contribution in [2.75, 3.05) is 0 Å². The molecule has 0 aromatic heterocycles. The SMILES string of the molecule is CC1=CC(C(N)=O)=CC(C)C1O. The van der Waals surface area contributed by atoms with Crippen LogP contribution in [0.4, 0.5) is 0 Å². The molecular weight excluding hydrogens is 154 g/mol. The van der Waals surface area contributed by atoms with Gasteiger partial charge in [-0.3, -0.25) is 4.79 Å². The van der Waals surface area contributed by atoms with Crippen LogP contribution in [-0.4, -0.2) is 17.1 Å². The first-order chi connectivity index (χ1) is 5.52. The summed E-state index contributed by atoms with van der Waals surface area (Å²) >= 11 is 0. The van der Waals surface area contributed by atoms with Crippen molar-refractivity contribution in [2.45, 2.75) is 20.0 Å². The molecule has 2 atom stereocenters. The molecule has 1 rings (SSSR count). The fourth-order valence-corrected chi connectivity index (χ4v) is 1.32. The van der Waals surface area contributed by atoms with Crippen molar-refractivity contribution in [3.05, 3.63) is 23.3 Å². The molecule has 0 bridgehead atoms. The zero-order chi connectivity index (χ0) is 9.30. The zero-order valence-corrected chi connectivity index (χ0v) is 7.24. The van der Waals surface area contributed by atoms with Crippen LogP contribution in [0.1, 0.15) is 13.8 Å². The van der Waals surface area contributed by atoms with E-state index in [0.29, 0.717) is 5.57 Å². The normalized spacial score (nSPS) is 29.2. The highest BCUT2D eigenvalue weighted by Crippen LogP contribution is 2.22. The van der Waals surface area contributed by atoms with Crippen LogP contribution in [0.3, 0.4) is 0 Å². The van der Waals surface area contributed by atoms with Gasteiger partial charge in [-0.05, 0) is 18.6 Å². The Kier molecular flexibility index (Phi) is 2.33. The first kappa shape index (κ1) is 9.00. The predicted octanol–water partition coefficient (Wildman–Crippen LogP) is 0.355. The Labute approximate surface area is 71.6 Å². The van der Waals surface area contributed by atoms with E-state index >= 15 is 0 Å². The van der Waals surface area contributed by atoms with Gasteiger partial charge < -0.3 is 10.8 Å². The maximum absolute atomic E-state index is 10.8. The van der Waals surface area contributed by atoms with Gasteiger partial charge >= 0.3 is 0 Å². The molecule has 3 N–H and O–H groups in total. The average Bonchev–Trinajstić information content (AvgIpc) is 1.99. The highest BCUT2D eigenvalue weighted by atomic mass is 16.3. The minimum Gasteiger partial charge on any atom is -0.388 e. The number of hydrogen-bond donors (Lipinski definition) is 2. The van der Waals surface area contributed by atoms with Crippen LogP contribution in [0.15, 0.2) is 23.3 Å². The van der Waals surface area contributed by atoms with Crippen molar-refractivity contribution in [1.29, 1.82) is 0 Å². The number of aliphatic hydroxyl groups excluding tert-OH is 1. The van der Waals surface area contributed by atoms with Crippen molar-refractivity contribution in [3.8, 4) is 0 Å². The summed E-state index contributed by atoms with van der Waals surface area (Å²) in [5.41, 5.74) is 6.39. The molecule has 0 saturated carbocycles. The summed E-state index contributed by atoms with van der Waals surface area (Å²) in [7, 11) is 0. The van der Waals surface area contributed by atoms with Crippen molar-refractivity contribution < 1.29 is 9.90 Å². The fraction of sp³-hybridized carbons (Fsp3) is 0.444. The molecule has 0 heterocycles. The molecular formula is C9H13NO2. The molecule has 2 unspecified atom stereocenters. The molecule has 1 aliphatic rings. The monoisotopic (exact) mass is 167 g/mol. The fourth-order valence-electron chi connectivity index (χ4n) is 1.32. The molecule has 1 aliphatic carbocycles. The van der Waals surface area contributed by atoms with Crippen molar-refractivity contribution in [3.63, 3.8) is 0 Å². The van der Waals surface area contributed by atoms with Gasteiger partial charge in [-0.2, -0.15) is 0 Å². The third-order valence-electron chi connectivity index (χ3n) is 2.07. The minimum absolute atomic E-state index is 0.0301. The first-order valence-corrected chi connectivity index (χ1v) is 3.90. The van der Waals surface area contributed by atoms with Gasteiger partial charge in [0.2, 0.25) is 5.91 Å². The van der Waals surface area contributed by atoms with Gasteiger partial charge in [0.05, 0.1) is 6.10 Å². The number of rotatable bonds is 1. The van der Waals surface area contributed by atoms with Gasteiger partial charge in [0, 0.05) is 11.5 Å². The maximum Gasteiger partial charge on any atom is 0.248 e. The van der Waals surface area contributed by atoms with Gasteiger partial charge in [-0.25, -0.2) is 0 Å². The molecule has 0 aromatic rings. The van der Waals surface area contributed by atoms with Crippen LogP contribution in [0, 0.1) is 5.92 Å². The van der Waals surface area contributed by atoms with E-state index in [2.05, 4.69) is 0 Å².